The van der Waals surface area contributed by atoms with Crippen LogP contribution in [0.15, 0.2) is 11.4 Å². The number of hydrogen-bond acceptors (Lipinski definition) is 3. The third-order valence-electron chi connectivity index (χ3n) is 2.26. The van der Waals surface area contributed by atoms with Crippen LogP contribution in [-0.2, 0) is 11.3 Å². The zero-order valence-electron chi connectivity index (χ0n) is 9.95. The van der Waals surface area contributed by atoms with Crippen molar-refractivity contribution in [1.29, 1.82) is 0 Å². The molecule has 1 heterocycles. The van der Waals surface area contributed by atoms with Crippen molar-refractivity contribution in [2.45, 2.75) is 39.4 Å². The number of hydrogen-bond donors (Lipinski definition) is 1. The molecule has 0 aromatic carbocycles. The van der Waals surface area contributed by atoms with Gasteiger partial charge in [-0.05, 0) is 24.8 Å². The molecule has 1 aromatic rings. The van der Waals surface area contributed by atoms with E-state index in [9.17, 15) is 0 Å². The zero-order valence-corrected chi connectivity index (χ0v) is 10.8. The Morgan fingerprint density at radius 1 is 1.56 bits per heavy atom. The third-order valence-corrected chi connectivity index (χ3v) is 3.16. The summed E-state index contributed by atoms with van der Waals surface area (Å²) in [4.78, 5) is 1.20. The van der Waals surface area contributed by atoms with Gasteiger partial charge in [-0.3, -0.25) is 0 Å². The Balaban J connectivity index is 2.50. The van der Waals surface area contributed by atoms with Crippen LogP contribution in [0.3, 0.4) is 0 Å². The first-order chi connectivity index (χ1) is 7.77. The molecule has 1 atom stereocenters. The Bertz CT molecular complexity index is 361. The Labute approximate surface area is 102 Å². The fourth-order valence-corrected chi connectivity index (χ4v) is 2.17. The zero-order chi connectivity index (χ0) is 11.8. The van der Waals surface area contributed by atoms with Gasteiger partial charge < -0.3 is 10.5 Å². The molecule has 0 fully saturated rings. The summed E-state index contributed by atoms with van der Waals surface area (Å²) in [5.74, 6) is 5.94. The molecule has 16 heavy (non-hydrogen) atoms. The van der Waals surface area contributed by atoms with E-state index in [0.717, 1.165) is 18.4 Å². The van der Waals surface area contributed by atoms with Gasteiger partial charge in [-0.1, -0.05) is 25.2 Å². The number of thiophene rings is 1. The highest BCUT2D eigenvalue weighted by atomic mass is 32.1. The molecule has 2 N–H and O–H groups in total. The molecular weight excluding hydrogens is 218 g/mol. The number of rotatable bonds is 5. The van der Waals surface area contributed by atoms with E-state index in [1.165, 1.54) is 4.88 Å². The van der Waals surface area contributed by atoms with Gasteiger partial charge in [0.2, 0.25) is 0 Å². The summed E-state index contributed by atoms with van der Waals surface area (Å²) in [5, 5.41) is 2.05. The van der Waals surface area contributed by atoms with Gasteiger partial charge in [0.1, 0.15) is 0 Å². The lowest BCUT2D eigenvalue weighted by Gasteiger charge is -2.10. The quantitative estimate of drug-likeness (QED) is 0.799. The third kappa shape index (κ3) is 4.36. The van der Waals surface area contributed by atoms with Gasteiger partial charge in [0.15, 0.2) is 0 Å². The lowest BCUT2D eigenvalue weighted by Crippen LogP contribution is -2.07. The molecular formula is C13H19NOS. The minimum atomic E-state index is 0.322. The summed E-state index contributed by atoms with van der Waals surface area (Å²) in [7, 11) is 0. The monoisotopic (exact) mass is 237 g/mol. The van der Waals surface area contributed by atoms with Gasteiger partial charge in [0, 0.05) is 10.4 Å². The van der Waals surface area contributed by atoms with E-state index < -0.39 is 0 Å². The van der Waals surface area contributed by atoms with Crippen molar-refractivity contribution in [3.63, 3.8) is 0 Å². The second-order valence-corrected chi connectivity index (χ2v) is 4.67. The summed E-state index contributed by atoms with van der Waals surface area (Å²) < 4.78 is 5.76. The highest BCUT2D eigenvalue weighted by Gasteiger charge is 2.05. The van der Waals surface area contributed by atoms with Crippen LogP contribution in [0.5, 0.6) is 0 Å². The molecule has 0 spiro atoms. The van der Waals surface area contributed by atoms with E-state index in [4.69, 9.17) is 10.5 Å². The van der Waals surface area contributed by atoms with E-state index in [1.54, 1.807) is 11.3 Å². The summed E-state index contributed by atoms with van der Waals surface area (Å²) in [6, 6.07) is 2.02. The summed E-state index contributed by atoms with van der Waals surface area (Å²) in [5.41, 5.74) is 6.41. The van der Waals surface area contributed by atoms with Crippen molar-refractivity contribution in [3.8, 4) is 11.8 Å². The van der Waals surface area contributed by atoms with Crippen molar-refractivity contribution < 1.29 is 4.74 Å². The van der Waals surface area contributed by atoms with Crippen LogP contribution in [0.2, 0.25) is 0 Å². The molecule has 0 aliphatic rings. The van der Waals surface area contributed by atoms with Crippen LogP contribution < -0.4 is 5.73 Å². The number of ether oxygens (including phenoxy) is 1. The summed E-state index contributed by atoms with van der Waals surface area (Å²) >= 11 is 1.69. The molecule has 0 saturated heterocycles. The molecule has 88 valence electrons. The largest absolute Gasteiger partial charge is 0.373 e. The van der Waals surface area contributed by atoms with E-state index >= 15 is 0 Å². The fraction of sp³-hybridized carbons (Fsp3) is 0.538. The molecule has 2 nitrogen and oxygen atoms in total. The molecule has 0 saturated carbocycles. The fourth-order valence-electron chi connectivity index (χ4n) is 1.42. The molecule has 0 aliphatic heterocycles. The van der Waals surface area contributed by atoms with E-state index in [0.29, 0.717) is 19.3 Å². The molecule has 0 amide bonds. The first kappa shape index (κ1) is 13.2. The average Bonchev–Trinajstić information content (AvgIpc) is 2.71. The van der Waals surface area contributed by atoms with Crippen LogP contribution in [-0.4, -0.2) is 12.6 Å². The van der Waals surface area contributed by atoms with Crippen molar-refractivity contribution in [3.05, 3.63) is 21.9 Å². The Hall–Kier alpha value is -0.820. The molecule has 0 radical (unpaired) electrons. The van der Waals surface area contributed by atoms with Crippen LogP contribution in [0.1, 0.15) is 37.1 Å². The summed E-state index contributed by atoms with van der Waals surface area (Å²) in [6.07, 6.45) is 2.59. The average molecular weight is 237 g/mol. The smallest absolute Gasteiger partial charge is 0.0825 e. The minimum absolute atomic E-state index is 0.322. The Morgan fingerprint density at radius 3 is 3.06 bits per heavy atom. The van der Waals surface area contributed by atoms with Crippen molar-refractivity contribution in [2.24, 2.45) is 5.73 Å². The topological polar surface area (TPSA) is 35.2 Å². The molecule has 1 unspecified atom stereocenters. The van der Waals surface area contributed by atoms with Crippen LogP contribution in [0.25, 0.3) is 0 Å². The van der Waals surface area contributed by atoms with E-state index in [-0.39, 0.29) is 0 Å². The van der Waals surface area contributed by atoms with E-state index in [2.05, 4.69) is 25.7 Å². The van der Waals surface area contributed by atoms with Crippen LogP contribution in [0, 0.1) is 11.8 Å². The highest BCUT2D eigenvalue weighted by molar-refractivity contribution is 7.10. The first-order valence-electron chi connectivity index (χ1n) is 5.64. The minimum Gasteiger partial charge on any atom is -0.373 e. The maximum absolute atomic E-state index is 5.76. The standard InChI is InChI=1S/C13H19NOS/c1-3-5-11(2)15-10-13-12(6-4-8-14)7-9-16-13/h7,9,11H,3,5,8,10,14H2,1-2H3. The van der Waals surface area contributed by atoms with Gasteiger partial charge in [-0.25, -0.2) is 0 Å². The van der Waals surface area contributed by atoms with Gasteiger partial charge in [-0.2, -0.15) is 0 Å². The normalized spacial score (nSPS) is 11.9. The molecule has 3 heteroatoms. The van der Waals surface area contributed by atoms with Crippen molar-refractivity contribution in [1.82, 2.24) is 0 Å². The highest BCUT2D eigenvalue weighted by Crippen LogP contribution is 2.18. The Kier molecular flexibility index (Phi) is 6.17. The van der Waals surface area contributed by atoms with Crippen LogP contribution >= 0.6 is 11.3 Å². The van der Waals surface area contributed by atoms with Gasteiger partial charge in [-0.15, -0.1) is 11.3 Å². The summed E-state index contributed by atoms with van der Waals surface area (Å²) in [6.45, 7) is 5.35. The predicted molar refractivity (Wildman–Crippen MR) is 69.4 cm³/mol. The van der Waals surface area contributed by atoms with Crippen LogP contribution in [0.4, 0.5) is 0 Å². The van der Waals surface area contributed by atoms with Crippen molar-refractivity contribution in [2.75, 3.05) is 6.54 Å². The number of nitrogens with two attached hydrogens (primary N) is 1. The second kappa shape index (κ2) is 7.45. The maximum Gasteiger partial charge on any atom is 0.0825 e. The maximum atomic E-state index is 5.76. The SMILES string of the molecule is CCCC(C)OCc1sccc1C#CCN. The molecule has 1 rings (SSSR count). The lowest BCUT2D eigenvalue weighted by molar-refractivity contribution is 0.0487. The lowest BCUT2D eigenvalue weighted by atomic mass is 10.2. The molecule has 1 aromatic heterocycles. The van der Waals surface area contributed by atoms with Gasteiger partial charge >= 0.3 is 0 Å². The van der Waals surface area contributed by atoms with Gasteiger partial charge in [0.05, 0.1) is 19.3 Å². The predicted octanol–water partition coefficient (Wildman–Crippen LogP) is 2.76. The molecule has 0 aliphatic carbocycles. The first-order valence-corrected chi connectivity index (χ1v) is 6.52. The van der Waals surface area contributed by atoms with Crippen molar-refractivity contribution >= 4 is 11.3 Å². The van der Waals surface area contributed by atoms with E-state index in [1.807, 2.05) is 11.4 Å². The molecule has 0 bridgehead atoms. The Morgan fingerprint density at radius 2 is 2.38 bits per heavy atom. The van der Waals surface area contributed by atoms with Gasteiger partial charge in [0.25, 0.3) is 0 Å². The second-order valence-electron chi connectivity index (χ2n) is 3.67.